The molecule has 3 aromatic rings. The fourth-order valence-corrected chi connectivity index (χ4v) is 4.82. The second kappa shape index (κ2) is 8.56. The van der Waals surface area contributed by atoms with Crippen LogP contribution in [-0.2, 0) is 16.3 Å². The maximum absolute atomic E-state index is 13.3. The summed E-state index contributed by atoms with van der Waals surface area (Å²) in [6.07, 6.45) is 0.224. The summed E-state index contributed by atoms with van der Waals surface area (Å²) in [4.78, 5) is 12.3. The molecule has 4 N–H and O–H groups in total. The monoisotopic (exact) mass is 426 g/mol. The van der Waals surface area contributed by atoms with Crippen molar-refractivity contribution in [2.75, 3.05) is 12.8 Å². The number of nitrogens with one attached hydrogen (secondary N) is 1. The summed E-state index contributed by atoms with van der Waals surface area (Å²) < 4.78 is 31.7. The minimum absolute atomic E-state index is 0.0288. The van der Waals surface area contributed by atoms with Crippen LogP contribution in [0.25, 0.3) is 0 Å². The van der Waals surface area contributed by atoms with Gasteiger partial charge in [-0.15, -0.1) is 0 Å². The molecule has 0 spiro atoms. The van der Waals surface area contributed by atoms with E-state index in [4.69, 9.17) is 10.5 Å². The highest BCUT2D eigenvalue weighted by Gasteiger charge is 2.27. The summed E-state index contributed by atoms with van der Waals surface area (Å²) in [6, 6.07) is 16.5. The number of aryl methyl sites for hydroxylation is 1. The lowest BCUT2D eigenvalue weighted by atomic mass is 9.94. The molecule has 0 saturated carbocycles. The van der Waals surface area contributed by atoms with E-state index in [2.05, 4.69) is 0 Å². The van der Waals surface area contributed by atoms with Gasteiger partial charge >= 0.3 is 0 Å². The predicted octanol–water partition coefficient (Wildman–Crippen LogP) is 3.13. The standard InChI is InChI=1S/C22H22N2O5S/c1-14-12-19(30(27,28)17-10-8-16(29-2)9-11-17)21(23)18(20(14)22(25)24-26)13-15-6-4-3-5-7-15/h3-12,26H,13,23H2,1-2H3,(H,24,25). The number of amides is 1. The van der Waals surface area contributed by atoms with Crippen molar-refractivity contribution < 1.29 is 23.2 Å². The molecule has 30 heavy (non-hydrogen) atoms. The first-order valence-corrected chi connectivity index (χ1v) is 10.6. The molecule has 0 fully saturated rings. The number of hydrogen-bond donors (Lipinski definition) is 3. The Kier molecular flexibility index (Phi) is 6.09. The van der Waals surface area contributed by atoms with E-state index < -0.39 is 15.7 Å². The van der Waals surface area contributed by atoms with E-state index in [1.807, 2.05) is 30.3 Å². The van der Waals surface area contributed by atoms with E-state index in [-0.39, 0.29) is 27.5 Å². The quantitative estimate of drug-likeness (QED) is 0.317. The first kappa shape index (κ1) is 21.4. The van der Waals surface area contributed by atoms with E-state index in [1.54, 1.807) is 24.5 Å². The minimum Gasteiger partial charge on any atom is -0.497 e. The lowest BCUT2D eigenvalue weighted by Gasteiger charge is -2.18. The van der Waals surface area contributed by atoms with Crippen LogP contribution >= 0.6 is 0 Å². The van der Waals surface area contributed by atoms with Crippen LogP contribution in [0.1, 0.15) is 27.0 Å². The first-order chi connectivity index (χ1) is 14.3. The molecule has 0 saturated heterocycles. The van der Waals surface area contributed by atoms with Crippen LogP contribution in [0.15, 0.2) is 70.5 Å². The van der Waals surface area contributed by atoms with Crippen LogP contribution in [0, 0.1) is 6.92 Å². The van der Waals surface area contributed by atoms with E-state index in [9.17, 15) is 18.4 Å². The molecule has 0 aliphatic heterocycles. The molecule has 8 heteroatoms. The maximum atomic E-state index is 13.3. The van der Waals surface area contributed by atoms with Crippen LogP contribution in [0.2, 0.25) is 0 Å². The van der Waals surface area contributed by atoms with Gasteiger partial charge in [-0.1, -0.05) is 30.3 Å². The Hall–Kier alpha value is -3.36. The lowest BCUT2D eigenvalue weighted by molar-refractivity contribution is 0.0704. The zero-order valence-electron chi connectivity index (χ0n) is 16.5. The van der Waals surface area contributed by atoms with Gasteiger partial charge in [0, 0.05) is 6.42 Å². The number of methoxy groups -OCH3 is 1. The largest absolute Gasteiger partial charge is 0.497 e. The normalized spacial score (nSPS) is 11.2. The third-order valence-electron chi connectivity index (χ3n) is 4.85. The molecule has 3 aromatic carbocycles. The average Bonchev–Trinajstić information content (AvgIpc) is 2.76. The van der Waals surface area contributed by atoms with E-state index in [1.165, 1.54) is 25.3 Å². The Balaban J connectivity index is 2.21. The molecule has 0 aliphatic carbocycles. The Labute approximate surface area is 175 Å². The van der Waals surface area contributed by atoms with Gasteiger partial charge in [-0.05, 0) is 53.9 Å². The highest BCUT2D eigenvalue weighted by atomic mass is 32.2. The number of hydroxylamine groups is 1. The molecule has 0 bridgehead atoms. The summed E-state index contributed by atoms with van der Waals surface area (Å²) >= 11 is 0. The fourth-order valence-electron chi connectivity index (χ4n) is 3.33. The van der Waals surface area contributed by atoms with Crippen LogP contribution in [-0.4, -0.2) is 26.6 Å². The molecule has 7 nitrogen and oxygen atoms in total. The molecular formula is C22H22N2O5S. The van der Waals surface area contributed by atoms with Crippen molar-refractivity contribution in [3.63, 3.8) is 0 Å². The molecule has 0 unspecified atom stereocenters. The molecule has 0 atom stereocenters. The van der Waals surface area contributed by atoms with Crippen molar-refractivity contribution in [1.29, 1.82) is 0 Å². The summed E-state index contributed by atoms with van der Waals surface area (Å²) in [5.74, 6) is -0.226. The van der Waals surface area contributed by atoms with Crippen molar-refractivity contribution in [1.82, 2.24) is 5.48 Å². The SMILES string of the molecule is COc1ccc(S(=O)(=O)c2cc(C)c(C(=O)NO)c(Cc3ccccc3)c2N)cc1. The van der Waals surface area contributed by atoms with Gasteiger partial charge in [0.2, 0.25) is 9.84 Å². The van der Waals surface area contributed by atoms with Crippen molar-refractivity contribution in [2.24, 2.45) is 0 Å². The van der Waals surface area contributed by atoms with Gasteiger partial charge in [0.1, 0.15) is 5.75 Å². The van der Waals surface area contributed by atoms with E-state index >= 15 is 0 Å². The molecule has 0 aliphatic rings. The number of rotatable bonds is 6. The molecule has 3 rings (SSSR count). The fraction of sp³-hybridized carbons (Fsp3) is 0.136. The third-order valence-corrected chi connectivity index (χ3v) is 6.66. The first-order valence-electron chi connectivity index (χ1n) is 9.09. The van der Waals surface area contributed by atoms with Crippen LogP contribution < -0.4 is 16.0 Å². The second-order valence-electron chi connectivity index (χ2n) is 6.74. The summed E-state index contributed by atoms with van der Waals surface area (Å²) in [5.41, 5.74) is 9.60. The number of sulfone groups is 1. The molecule has 1 amide bonds. The number of nitrogen functional groups attached to an aromatic ring is 1. The molecule has 0 heterocycles. The van der Waals surface area contributed by atoms with Gasteiger partial charge in [0.25, 0.3) is 5.91 Å². The molecule has 0 aromatic heterocycles. The maximum Gasteiger partial charge on any atom is 0.275 e. The summed E-state index contributed by atoms with van der Waals surface area (Å²) in [7, 11) is -2.46. The number of carbonyl (C=O) groups is 1. The van der Waals surface area contributed by atoms with E-state index in [0.717, 1.165) is 5.56 Å². The number of benzene rings is 3. The summed E-state index contributed by atoms with van der Waals surface area (Å²) in [5, 5.41) is 9.18. The Morgan fingerprint density at radius 3 is 2.30 bits per heavy atom. The van der Waals surface area contributed by atoms with Crippen molar-refractivity contribution >= 4 is 21.4 Å². The predicted molar refractivity (Wildman–Crippen MR) is 113 cm³/mol. The van der Waals surface area contributed by atoms with Crippen LogP contribution in [0.3, 0.4) is 0 Å². The number of nitrogens with two attached hydrogens (primary N) is 1. The van der Waals surface area contributed by atoms with Crippen LogP contribution in [0.5, 0.6) is 5.75 Å². The van der Waals surface area contributed by atoms with Crippen LogP contribution in [0.4, 0.5) is 5.69 Å². The zero-order valence-corrected chi connectivity index (χ0v) is 17.4. The third kappa shape index (κ3) is 4.00. The van der Waals surface area contributed by atoms with Gasteiger partial charge in [-0.25, -0.2) is 13.9 Å². The van der Waals surface area contributed by atoms with Crippen molar-refractivity contribution in [3.05, 3.63) is 82.9 Å². The minimum atomic E-state index is -3.96. The number of ether oxygens (including phenoxy) is 1. The number of anilines is 1. The average molecular weight is 426 g/mol. The Morgan fingerprint density at radius 1 is 1.10 bits per heavy atom. The Morgan fingerprint density at radius 2 is 1.73 bits per heavy atom. The van der Waals surface area contributed by atoms with Crippen molar-refractivity contribution in [3.8, 4) is 5.75 Å². The van der Waals surface area contributed by atoms with Gasteiger partial charge in [0.15, 0.2) is 0 Å². The molecule has 0 radical (unpaired) electrons. The molecule has 156 valence electrons. The highest BCUT2D eigenvalue weighted by Crippen LogP contribution is 2.34. The van der Waals surface area contributed by atoms with Gasteiger partial charge < -0.3 is 10.5 Å². The van der Waals surface area contributed by atoms with Gasteiger partial charge in [0.05, 0.1) is 28.2 Å². The number of hydrogen-bond acceptors (Lipinski definition) is 6. The zero-order chi connectivity index (χ0) is 21.9. The highest BCUT2D eigenvalue weighted by molar-refractivity contribution is 7.91. The van der Waals surface area contributed by atoms with Gasteiger partial charge in [-0.3, -0.25) is 10.0 Å². The smallest absolute Gasteiger partial charge is 0.275 e. The lowest BCUT2D eigenvalue weighted by Crippen LogP contribution is -2.23. The van der Waals surface area contributed by atoms with E-state index in [0.29, 0.717) is 16.9 Å². The number of carbonyl (C=O) groups excluding carboxylic acids is 1. The Bertz CT molecular complexity index is 1170. The topological polar surface area (TPSA) is 119 Å². The van der Waals surface area contributed by atoms with Crippen molar-refractivity contribution in [2.45, 2.75) is 23.1 Å². The summed E-state index contributed by atoms with van der Waals surface area (Å²) in [6.45, 7) is 1.60. The van der Waals surface area contributed by atoms with Gasteiger partial charge in [-0.2, -0.15) is 0 Å². The second-order valence-corrected chi connectivity index (χ2v) is 8.66. The molecular weight excluding hydrogens is 404 g/mol.